The number of piperidine rings is 1. The van der Waals surface area contributed by atoms with Crippen LogP contribution in [0.3, 0.4) is 0 Å². The van der Waals surface area contributed by atoms with Gasteiger partial charge < -0.3 is 10.2 Å². The molecule has 2 amide bonds. The molecule has 2 fully saturated rings. The molecule has 7 nitrogen and oxygen atoms in total. The molecule has 1 aliphatic carbocycles. The molecular formula is C25H25N5O2S2. The van der Waals surface area contributed by atoms with Gasteiger partial charge in [0.25, 0.3) is 11.8 Å². The average Bonchev–Trinajstić information content (AvgIpc) is 3.18. The molecule has 0 radical (unpaired) electrons. The number of nitrogens with zero attached hydrogens (tertiary/aromatic N) is 4. The number of aromatic nitrogens is 3. The van der Waals surface area contributed by atoms with Crippen molar-refractivity contribution in [3.63, 3.8) is 0 Å². The summed E-state index contributed by atoms with van der Waals surface area (Å²) in [5, 5.41) is 3.99. The number of imidazole rings is 1. The van der Waals surface area contributed by atoms with E-state index in [1.54, 1.807) is 17.5 Å². The van der Waals surface area contributed by atoms with Gasteiger partial charge in [0.1, 0.15) is 10.6 Å². The number of amides is 2. The van der Waals surface area contributed by atoms with Crippen molar-refractivity contribution >= 4 is 39.4 Å². The molecule has 4 heterocycles. The zero-order valence-electron chi connectivity index (χ0n) is 19.2. The van der Waals surface area contributed by atoms with Crippen molar-refractivity contribution in [2.24, 2.45) is 11.8 Å². The van der Waals surface area contributed by atoms with Crippen LogP contribution in [-0.4, -0.2) is 50.2 Å². The van der Waals surface area contributed by atoms with Gasteiger partial charge in [0, 0.05) is 31.2 Å². The Morgan fingerprint density at radius 2 is 2.06 bits per heavy atom. The van der Waals surface area contributed by atoms with Crippen molar-refractivity contribution in [3.8, 4) is 10.4 Å². The number of aryl methyl sites for hydroxylation is 3. The first-order valence-electron chi connectivity index (χ1n) is 11.5. The number of nitrogens with one attached hydrogen (secondary N) is 1. The van der Waals surface area contributed by atoms with Crippen molar-refractivity contribution in [3.05, 3.63) is 63.5 Å². The number of carbonyl (C=O) groups excluding carboxylic acids is 2. The van der Waals surface area contributed by atoms with Gasteiger partial charge in [-0.3, -0.25) is 14.0 Å². The highest BCUT2D eigenvalue weighted by Gasteiger charge is 2.54. The molecule has 34 heavy (non-hydrogen) atoms. The minimum absolute atomic E-state index is 0.00170. The van der Waals surface area contributed by atoms with E-state index in [1.165, 1.54) is 11.3 Å². The summed E-state index contributed by atoms with van der Waals surface area (Å²) < 4.78 is 1.93. The second-order valence-electron chi connectivity index (χ2n) is 9.27. The highest BCUT2D eigenvalue weighted by Crippen LogP contribution is 2.50. The normalized spacial score (nSPS) is 21.1. The highest BCUT2D eigenvalue weighted by molar-refractivity contribution is 7.19. The molecule has 0 unspecified atom stereocenters. The summed E-state index contributed by atoms with van der Waals surface area (Å²) in [4.78, 5) is 40.0. The molecule has 1 aliphatic heterocycles. The van der Waals surface area contributed by atoms with Crippen LogP contribution in [0.5, 0.6) is 0 Å². The van der Waals surface area contributed by atoms with Gasteiger partial charge in [-0.2, -0.15) is 0 Å². The summed E-state index contributed by atoms with van der Waals surface area (Å²) in [5.41, 5.74) is 3.60. The van der Waals surface area contributed by atoms with Crippen LogP contribution in [0.25, 0.3) is 15.4 Å². The summed E-state index contributed by atoms with van der Waals surface area (Å²) in [6.45, 7) is 7.12. The Hall–Kier alpha value is -3.04. The van der Waals surface area contributed by atoms with Gasteiger partial charge in [0.05, 0.1) is 15.9 Å². The van der Waals surface area contributed by atoms with E-state index < -0.39 is 0 Å². The fraction of sp³-hybridized carbons (Fsp3) is 0.360. The highest BCUT2D eigenvalue weighted by atomic mass is 32.1. The second-order valence-corrected chi connectivity index (χ2v) is 11.5. The molecule has 1 saturated carbocycles. The molecule has 1 saturated heterocycles. The molecule has 4 aromatic rings. The first-order valence-corrected chi connectivity index (χ1v) is 13.1. The number of benzene rings is 1. The van der Waals surface area contributed by atoms with Crippen LogP contribution < -0.4 is 5.32 Å². The summed E-state index contributed by atoms with van der Waals surface area (Å²) >= 11 is 2.95. The third-order valence-corrected chi connectivity index (χ3v) is 9.14. The molecule has 3 aromatic heterocycles. The van der Waals surface area contributed by atoms with E-state index in [0.29, 0.717) is 29.0 Å². The first-order chi connectivity index (χ1) is 16.4. The maximum atomic E-state index is 13.7. The summed E-state index contributed by atoms with van der Waals surface area (Å²) in [5.74, 6) is 0.848. The molecule has 2 aliphatic rings. The minimum Gasteiger partial charge on any atom is -0.349 e. The summed E-state index contributed by atoms with van der Waals surface area (Å²) in [7, 11) is 0. The van der Waals surface area contributed by atoms with Crippen LogP contribution in [0.15, 0.2) is 36.7 Å². The van der Waals surface area contributed by atoms with Crippen LogP contribution in [0, 0.1) is 32.6 Å². The molecular weight excluding hydrogens is 466 g/mol. The predicted octanol–water partition coefficient (Wildman–Crippen LogP) is 4.34. The molecule has 174 valence electrons. The van der Waals surface area contributed by atoms with E-state index >= 15 is 0 Å². The van der Waals surface area contributed by atoms with Gasteiger partial charge in [-0.05, 0) is 44.6 Å². The van der Waals surface area contributed by atoms with Gasteiger partial charge in [-0.15, -0.1) is 11.3 Å². The topological polar surface area (TPSA) is 79.6 Å². The summed E-state index contributed by atoms with van der Waals surface area (Å²) in [6.07, 6.45) is 4.73. The Balaban J connectivity index is 1.23. The molecule has 1 aromatic carbocycles. The number of hydrogen-bond donors (Lipinski definition) is 1. The largest absolute Gasteiger partial charge is 0.349 e. The summed E-state index contributed by atoms with van der Waals surface area (Å²) in [6, 6.07) is 8.21. The van der Waals surface area contributed by atoms with Crippen molar-refractivity contribution < 1.29 is 9.59 Å². The van der Waals surface area contributed by atoms with Gasteiger partial charge in [0.15, 0.2) is 4.96 Å². The zero-order valence-corrected chi connectivity index (χ0v) is 20.9. The Morgan fingerprint density at radius 3 is 2.85 bits per heavy atom. The third kappa shape index (κ3) is 3.54. The van der Waals surface area contributed by atoms with Crippen LogP contribution >= 0.6 is 22.7 Å². The molecule has 6 rings (SSSR count). The van der Waals surface area contributed by atoms with E-state index in [2.05, 4.69) is 34.3 Å². The van der Waals surface area contributed by atoms with Crippen LogP contribution in [0.2, 0.25) is 0 Å². The lowest BCUT2D eigenvalue weighted by molar-refractivity contribution is 0.0690. The van der Waals surface area contributed by atoms with Gasteiger partial charge in [-0.1, -0.05) is 41.2 Å². The lowest BCUT2D eigenvalue weighted by atomic mass is 10.1. The van der Waals surface area contributed by atoms with E-state index in [1.807, 2.05) is 41.5 Å². The fourth-order valence-corrected chi connectivity index (χ4v) is 7.05. The SMILES string of the molecule is Cc1cccc(-c2sc(C)nc2C(=O)N2C[C@@H]3C[C@@H]3[C@H]2CNC(=O)c2sc3nccn3c2C)c1. The smallest absolute Gasteiger partial charge is 0.274 e. The number of carbonyl (C=O) groups is 2. The maximum absolute atomic E-state index is 13.7. The molecule has 0 spiro atoms. The monoisotopic (exact) mass is 491 g/mol. The first kappa shape index (κ1) is 21.5. The Bertz CT molecular complexity index is 1430. The average molecular weight is 492 g/mol. The number of fused-ring (bicyclic) bond motifs is 2. The zero-order chi connectivity index (χ0) is 23.6. The standard InChI is InChI=1S/C25H25N5O2S2/c1-13-5-4-6-16(9-13)22-20(28-15(3)33-22)24(32)30-12-17-10-18(17)19(30)11-27-23(31)21-14(2)29-8-7-26-25(29)34-21/h4-9,17-19H,10-12H2,1-3H3,(H,27,31)/t17-,18-,19+/m0/s1. The minimum atomic E-state index is -0.102. The predicted molar refractivity (Wildman–Crippen MR) is 134 cm³/mol. The van der Waals surface area contributed by atoms with E-state index in [4.69, 9.17) is 0 Å². The van der Waals surface area contributed by atoms with Crippen molar-refractivity contribution in [1.29, 1.82) is 0 Å². The van der Waals surface area contributed by atoms with Crippen LogP contribution in [0.4, 0.5) is 0 Å². The maximum Gasteiger partial charge on any atom is 0.274 e. The molecule has 3 atom stereocenters. The van der Waals surface area contributed by atoms with Crippen molar-refractivity contribution in [1.82, 2.24) is 24.6 Å². The molecule has 9 heteroatoms. The number of thiazole rings is 2. The van der Waals surface area contributed by atoms with Gasteiger partial charge in [0.2, 0.25) is 0 Å². The van der Waals surface area contributed by atoms with Crippen molar-refractivity contribution in [2.75, 3.05) is 13.1 Å². The lowest BCUT2D eigenvalue weighted by Gasteiger charge is -2.27. The lowest BCUT2D eigenvalue weighted by Crippen LogP contribution is -2.45. The third-order valence-electron chi connectivity index (χ3n) is 6.95. The molecule has 1 N–H and O–H groups in total. The Kier molecular flexibility index (Phi) is 5.07. The fourth-order valence-electron chi connectivity index (χ4n) is 5.14. The van der Waals surface area contributed by atoms with Crippen molar-refractivity contribution in [2.45, 2.75) is 33.2 Å². The number of rotatable bonds is 5. The van der Waals surface area contributed by atoms with Gasteiger partial charge >= 0.3 is 0 Å². The number of likely N-dealkylation sites (tertiary alicyclic amines) is 1. The van der Waals surface area contributed by atoms with Crippen LogP contribution in [-0.2, 0) is 0 Å². The Morgan fingerprint density at radius 1 is 1.21 bits per heavy atom. The van der Waals surface area contributed by atoms with E-state index in [-0.39, 0.29) is 17.9 Å². The quantitative estimate of drug-likeness (QED) is 0.451. The second kappa shape index (κ2) is 8.02. The van der Waals surface area contributed by atoms with E-state index in [9.17, 15) is 9.59 Å². The van der Waals surface area contributed by atoms with Gasteiger partial charge in [-0.25, -0.2) is 9.97 Å². The van der Waals surface area contributed by atoms with Crippen LogP contribution in [0.1, 0.15) is 42.8 Å². The molecule has 0 bridgehead atoms. The number of hydrogen-bond acceptors (Lipinski definition) is 6. The van der Waals surface area contributed by atoms with E-state index in [0.717, 1.165) is 44.6 Å². The Labute approximate surface area is 205 Å².